The maximum atomic E-state index is 10.1. The molecule has 0 amide bonds. The largest absolute Gasteiger partial charge is 0.684 e. The molecular formula is C16H18N2OY-2. The Hall–Kier alpha value is -0.926. The second-order valence-electron chi connectivity index (χ2n) is 4.86. The van der Waals surface area contributed by atoms with Gasteiger partial charge in [0.25, 0.3) is 0 Å². The molecule has 3 rings (SSSR count). The molecular weight excluding hydrogens is 325 g/mol. The normalized spacial score (nSPS) is 11.6. The summed E-state index contributed by atoms with van der Waals surface area (Å²) in [5, 5.41) is 6.99. The molecule has 1 radical (unpaired) electrons. The number of benzene rings is 1. The molecule has 20 heavy (non-hydrogen) atoms. The second kappa shape index (κ2) is 7.75. The van der Waals surface area contributed by atoms with Crippen molar-refractivity contribution in [2.45, 2.75) is 27.2 Å². The molecule has 1 aliphatic heterocycles. The van der Waals surface area contributed by atoms with Gasteiger partial charge < -0.3 is 16.0 Å². The van der Waals surface area contributed by atoms with Crippen LogP contribution in [0.25, 0.3) is 16.1 Å². The van der Waals surface area contributed by atoms with Crippen molar-refractivity contribution in [1.82, 2.24) is 4.98 Å². The van der Waals surface area contributed by atoms with Crippen molar-refractivity contribution >= 4 is 22.2 Å². The molecule has 0 fully saturated rings. The molecule has 0 saturated carbocycles. The minimum atomic E-state index is 0. The predicted molar refractivity (Wildman–Crippen MR) is 78.6 cm³/mol. The minimum Gasteiger partial charge on any atom is -0.684 e. The molecule has 0 atom stereocenters. The van der Waals surface area contributed by atoms with E-state index in [9.17, 15) is 4.79 Å². The van der Waals surface area contributed by atoms with Crippen molar-refractivity contribution in [3.05, 3.63) is 47.4 Å². The molecule has 0 bridgehead atoms. The SMILES string of the molecule is CC(=O)[C-](C)C.[Y].c1cc2c3c(cncc3c1)CC[N-]2. The summed E-state index contributed by atoms with van der Waals surface area (Å²) < 4.78 is 0. The van der Waals surface area contributed by atoms with Crippen molar-refractivity contribution in [2.75, 3.05) is 6.54 Å². The van der Waals surface area contributed by atoms with Gasteiger partial charge in [-0.05, 0) is 35.5 Å². The van der Waals surface area contributed by atoms with Crippen LogP contribution >= 0.6 is 0 Å². The second-order valence-corrected chi connectivity index (χ2v) is 4.86. The predicted octanol–water partition coefficient (Wildman–Crippen LogP) is 3.98. The molecule has 1 aromatic carbocycles. The summed E-state index contributed by atoms with van der Waals surface area (Å²) in [6.07, 6.45) is 4.89. The Morgan fingerprint density at radius 2 is 2.00 bits per heavy atom. The third kappa shape index (κ3) is 4.03. The number of pyridine rings is 1. The molecule has 0 spiro atoms. The van der Waals surface area contributed by atoms with Crippen molar-refractivity contribution in [2.24, 2.45) is 0 Å². The first kappa shape index (κ1) is 17.1. The number of hydrogen-bond donors (Lipinski definition) is 0. The molecule has 3 nitrogen and oxygen atoms in total. The number of Topliss-reactive ketones (excluding diaryl/α,β-unsaturated/α-hetero) is 1. The molecule has 1 aromatic heterocycles. The molecule has 4 heteroatoms. The van der Waals surface area contributed by atoms with E-state index in [0.29, 0.717) is 0 Å². The zero-order valence-corrected chi connectivity index (χ0v) is 15.0. The van der Waals surface area contributed by atoms with Crippen LogP contribution in [0.4, 0.5) is 5.69 Å². The third-order valence-corrected chi connectivity index (χ3v) is 3.21. The van der Waals surface area contributed by atoms with Crippen LogP contribution in [0.5, 0.6) is 0 Å². The number of aromatic nitrogens is 1. The van der Waals surface area contributed by atoms with Crippen LogP contribution in [0.2, 0.25) is 0 Å². The van der Waals surface area contributed by atoms with Gasteiger partial charge in [-0.1, -0.05) is 18.2 Å². The van der Waals surface area contributed by atoms with Gasteiger partial charge in [0.1, 0.15) is 0 Å². The number of carbonyl (C=O) groups excluding carboxylic acids is 1. The Morgan fingerprint density at radius 1 is 1.30 bits per heavy atom. The number of rotatable bonds is 1. The van der Waals surface area contributed by atoms with E-state index in [1.165, 1.54) is 16.3 Å². The van der Waals surface area contributed by atoms with Gasteiger partial charge in [0.2, 0.25) is 0 Å². The maximum absolute atomic E-state index is 10.1. The van der Waals surface area contributed by atoms with Crippen LogP contribution in [-0.4, -0.2) is 17.3 Å². The Kier molecular flexibility index (Phi) is 6.64. The van der Waals surface area contributed by atoms with Gasteiger partial charge in [-0.25, -0.2) is 0 Å². The summed E-state index contributed by atoms with van der Waals surface area (Å²) in [4.78, 5) is 14.3. The van der Waals surface area contributed by atoms with E-state index < -0.39 is 0 Å². The summed E-state index contributed by atoms with van der Waals surface area (Å²) in [5.41, 5.74) is 2.46. The van der Waals surface area contributed by atoms with Gasteiger partial charge >= 0.3 is 0 Å². The van der Waals surface area contributed by atoms with Crippen LogP contribution in [0, 0.1) is 5.92 Å². The van der Waals surface area contributed by atoms with Crippen molar-refractivity contribution in [3.8, 4) is 0 Å². The van der Waals surface area contributed by atoms with E-state index in [-0.39, 0.29) is 38.5 Å². The summed E-state index contributed by atoms with van der Waals surface area (Å²) in [6, 6.07) is 6.21. The van der Waals surface area contributed by atoms with Crippen LogP contribution in [0.1, 0.15) is 26.3 Å². The number of ketones is 1. The van der Waals surface area contributed by atoms with Crippen LogP contribution in [0.15, 0.2) is 30.6 Å². The Balaban J connectivity index is 0.000000250. The topological polar surface area (TPSA) is 44.1 Å². The van der Waals surface area contributed by atoms with Gasteiger partial charge in [-0.2, -0.15) is 13.8 Å². The van der Waals surface area contributed by atoms with Crippen molar-refractivity contribution < 1.29 is 37.5 Å². The quantitative estimate of drug-likeness (QED) is 0.735. The van der Waals surface area contributed by atoms with Gasteiger partial charge in [0.05, 0.1) is 0 Å². The summed E-state index contributed by atoms with van der Waals surface area (Å²) in [6.45, 7) is 6.08. The van der Waals surface area contributed by atoms with E-state index in [4.69, 9.17) is 0 Å². The van der Waals surface area contributed by atoms with Gasteiger partial charge in [0, 0.05) is 45.1 Å². The van der Waals surface area contributed by atoms with E-state index in [1.54, 1.807) is 6.92 Å². The molecule has 2 aromatic rings. The van der Waals surface area contributed by atoms with E-state index in [2.05, 4.69) is 22.4 Å². The van der Waals surface area contributed by atoms with Crippen LogP contribution in [0.3, 0.4) is 0 Å². The zero-order chi connectivity index (χ0) is 13.8. The summed E-state index contributed by atoms with van der Waals surface area (Å²) in [5.74, 6) is 1.05. The monoisotopic (exact) mass is 343 g/mol. The molecule has 0 aliphatic carbocycles. The molecule has 2 heterocycles. The first-order valence-corrected chi connectivity index (χ1v) is 6.44. The van der Waals surface area contributed by atoms with Gasteiger partial charge in [-0.3, -0.25) is 4.98 Å². The number of nitrogens with zero attached hydrogens (tertiary/aromatic N) is 2. The Morgan fingerprint density at radius 3 is 2.65 bits per heavy atom. The fraction of sp³-hybridized carbons (Fsp3) is 0.312. The first-order valence-electron chi connectivity index (χ1n) is 6.44. The smallest absolute Gasteiger partial charge is 0.0346 e. The Bertz CT molecular complexity index is 557. The van der Waals surface area contributed by atoms with Gasteiger partial charge in [-0.15, -0.1) is 12.2 Å². The molecule has 103 valence electrons. The van der Waals surface area contributed by atoms with Crippen LogP contribution in [-0.2, 0) is 43.9 Å². The molecule has 1 aliphatic rings. The maximum Gasteiger partial charge on any atom is 0.0346 e. The molecule has 0 N–H and O–H groups in total. The average Bonchev–Trinajstić information content (AvgIpc) is 2.40. The van der Waals surface area contributed by atoms with E-state index in [1.807, 2.05) is 32.3 Å². The Labute approximate surface area is 145 Å². The fourth-order valence-electron chi connectivity index (χ4n) is 1.91. The van der Waals surface area contributed by atoms with Gasteiger partial charge in [0.15, 0.2) is 0 Å². The fourth-order valence-corrected chi connectivity index (χ4v) is 1.91. The summed E-state index contributed by atoms with van der Waals surface area (Å²) >= 11 is 0. The van der Waals surface area contributed by atoms with E-state index >= 15 is 0 Å². The van der Waals surface area contributed by atoms with Crippen molar-refractivity contribution in [3.63, 3.8) is 0 Å². The molecule has 0 saturated heterocycles. The number of carbonyl (C=O) groups is 1. The third-order valence-electron chi connectivity index (χ3n) is 3.21. The van der Waals surface area contributed by atoms with Crippen molar-refractivity contribution in [1.29, 1.82) is 0 Å². The number of hydrogen-bond acceptors (Lipinski definition) is 2. The molecule has 0 unspecified atom stereocenters. The zero-order valence-electron chi connectivity index (χ0n) is 12.2. The minimum absolute atomic E-state index is 0. The average molecular weight is 343 g/mol. The van der Waals surface area contributed by atoms with Crippen LogP contribution < -0.4 is 0 Å². The summed E-state index contributed by atoms with van der Waals surface area (Å²) in [7, 11) is 0. The first-order chi connectivity index (χ1) is 9.09. The standard InChI is InChI=1S/C11H9N2.C5H9O.Y/c1-2-8-6-12-7-9-4-5-13-10(3-1)11(8)9;1-4(2)5(3)6;/h1-3,6-7H,4-5H2;1-3H3;/q2*-1;. The van der Waals surface area contributed by atoms with E-state index in [0.717, 1.165) is 24.6 Å².